The van der Waals surface area contributed by atoms with Gasteiger partial charge in [-0.05, 0) is 47.7 Å². The zero-order valence-corrected chi connectivity index (χ0v) is 13.5. The lowest BCUT2D eigenvalue weighted by Crippen LogP contribution is -2.11. The molecular weight excluding hydrogens is 342 g/mol. The summed E-state index contributed by atoms with van der Waals surface area (Å²) in [6.07, 6.45) is 1.14. The van der Waals surface area contributed by atoms with E-state index < -0.39 is 4.92 Å². The number of carbonyl (C=O) groups is 1. The zero-order chi connectivity index (χ0) is 17.6. The highest BCUT2D eigenvalue weighted by atomic mass is 32.1. The van der Waals surface area contributed by atoms with E-state index >= 15 is 0 Å². The highest BCUT2D eigenvalue weighted by molar-refractivity contribution is 7.18. The van der Waals surface area contributed by atoms with E-state index in [2.05, 4.69) is 20.5 Å². The fraction of sp³-hybridized carbons (Fsp3) is 0. The lowest BCUT2D eigenvalue weighted by Gasteiger charge is -2.05. The summed E-state index contributed by atoms with van der Waals surface area (Å²) in [6, 6.07) is 15.6. The highest BCUT2D eigenvalue weighted by Crippen LogP contribution is 2.29. The summed E-state index contributed by atoms with van der Waals surface area (Å²) in [4.78, 5) is 25.9. The van der Waals surface area contributed by atoms with Crippen LogP contribution in [-0.4, -0.2) is 15.8 Å². The van der Waals surface area contributed by atoms with Gasteiger partial charge < -0.3 is 5.32 Å². The van der Waals surface area contributed by atoms with Gasteiger partial charge in [-0.1, -0.05) is 18.2 Å². The lowest BCUT2D eigenvalue weighted by atomic mass is 10.2. The van der Waals surface area contributed by atoms with Crippen LogP contribution in [0, 0.1) is 10.1 Å². The number of anilines is 1. The number of carbonyl (C=O) groups excluding carboxylic acids is 1. The topological polar surface area (TPSA) is 110 Å². The largest absolute Gasteiger partial charge is 0.345 e. The number of nitro groups is 1. The fourth-order valence-corrected chi connectivity index (χ4v) is 2.45. The molecular formula is C16H11N5O3S. The summed E-state index contributed by atoms with van der Waals surface area (Å²) in [5.74, 6) is -0.204. The molecule has 2 aromatic carbocycles. The number of nitrogens with one attached hydrogen (secondary N) is 1. The van der Waals surface area contributed by atoms with E-state index in [9.17, 15) is 14.9 Å². The minimum Gasteiger partial charge on any atom is -0.322 e. The first-order valence-corrected chi connectivity index (χ1v) is 7.92. The molecule has 124 valence electrons. The number of rotatable bonds is 5. The molecule has 1 amide bonds. The Kier molecular flexibility index (Phi) is 4.86. The summed E-state index contributed by atoms with van der Waals surface area (Å²) < 4.78 is 0. The Bertz CT molecular complexity index is 922. The average Bonchev–Trinajstić information content (AvgIpc) is 3.11. The highest BCUT2D eigenvalue weighted by Gasteiger charge is 2.10. The third kappa shape index (κ3) is 4.30. The normalized spacial score (nSPS) is 10.7. The van der Waals surface area contributed by atoms with Crippen molar-refractivity contribution in [3.8, 4) is 0 Å². The van der Waals surface area contributed by atoms with Crippen molar-refractivity contribution >= 4 is 38.8 Å². The first kappa shape index (κ1) is 16.4. The molecule has 3 aromatic rings. The summed E-state index contributed by atoms with van der Waals surface area (Å²) in [5, 5.41) is 21.3. The monoisotopic (exact) mass is 353 g/mol. The van der Waals surface area contributed by atoms with Gasteiger partial charge in [0.2, 0.25) is 5.13 Å². The van der Waals surface area contributed by atoms with E-state index in [0.29, 0.717) is 16.9 Å². The second-order valence-corrected chi connectivity index (χ2v) is 5.79. The van der Waals surface area contributed by atoms with Crippen LogP contribution in [0.1, 0.15) is 10.4 Å². The molecule has 0 saturated heterocycles. The van der Waals surface area contributed by atoms with Crippen molar-refractivity contribution in [1.82, 2.24) is 4.98 Å². The quantitative estimate of drug-likeness (QED) is 0.406. The molecule has 0 radical (unpaired) electrons. The standard InChI is InChI=1S/C16H11N5O3S/c22-15(11-4-2-1-3-5-11)18-12-6-8-13(9-7-12)19-20-16-17-10-14(25-16)21(23)24/h1-10H,(H,18,22). The van der Waals surface area contributed by atoms with E-state index in [-0.39, 0.29) is 16.0 Å². The Labute approximate surface area is 146 Å². The first-order chi connectivity index (χ1) is 12.1. The van der Waals surface area contributed by atoms with Gasteiger partial charge in [-0.3, -0.25) is 14.9 Å². The minimum atomic E-state index is -0.527. The van der Waals surface area contributed by atoms with Crippen LogP contribution in [0.15, 0.2) is 71.0 Å². The minimum absolute atomic E-state index is 0.0899. The number of benzene rings is 2. The summed E-state index contributed by atoms with van der Waals surface area (Å²) in [5.41, 5.74) is 1.73. The van der Waals surface area contributed by atoms with Crippen LogP contribution >= 0.6 is 11.3 Å². The van der Waals surface area contributed by atoms with Crippen molar-refractivity contribution < 1.29 is 9.72 Å². The predicted molar refractivity (Wildman–Crippen MR) is 93.8 cm³/mol. The van der Waals surface area contributed by atoms with Crippen molar-refractivity contribution in [2.45, 2.75) is 0 Å². The maximum atomic E-state index is 12.1. The van der Waals surface area contributed by atoms with Crippen LogP contribution < -0.4 is 5.32 Å². The lowest BCUT2D eigenvalue weighted by molar-refractivity contribution is -0.380. The third-order valence-corrected chi connectivity index (χ3v) is 3.91. The number of nitrogens with zero attached hydrogens (tertiary/aromatic N) is 4. The van der Waals surface area contributed by atoms with E-state index in [1.165, 1.54) is 0 Å². The van der Waals surface area contributed by atoms with E-state index in [0.717, 1.165) is 17.5 Å². The fourth-order valence-electron chi connectivity index (χ4n) is 1.89. The van der Waals surface area contributed by atoms with Gasteiger partial charge >= 0.3 is 5.00 Å². The van der Waals surface area contributed by atoms with Crippen molar-refractivity contribution in [3.05, 3.63) is 76.5 Å². The van der Waals surface area contributed by atoms with Gasteiger partial charge in [-0.25, -0.2) is 4.98 Å². The van der Waals surface area contributed by atoms with Gasteiger partial charge in [0.25, 0.3) is 5.91 Å². The van der Waals surface area contributed by atoms with E-state index in [4.69, 9.17) is 0 Å². The van der Waals surface area contributed by atoms with Gasteiger partial charge in [0.05, 0.1) is 10.6 Å². The van der Waals surface area contributed by atoms with Crippen molar-refractivity contribution in [2.24, 2.45) is 10.2 Å². The van der Waals surface area contributed by atoms with Gasteiger partial charge in [0.15, 0.2) is 0 Å². The smallest absolute Gasteiger partial charge is 0.322 e. The maximum Gasteiger partial charge on any atom is 0.345 e. The zero-order valence-electron chi connectivity index (χ0n) is 12.7. The number of thiazole rings is 1. The molecule has 0 aliphatic rings. The van der Waals surface area contributed by atoms with Crippen LogP contribution in [0.3, 0.4) is 0 Å². The second kappa shape index (κ2) is 7.41. The predicted octanol–water partition coefficient (Wildman–Crippen LogP) is 4.72. The van der Waals surface area contributed by atoms with E-state index in [1.807, 2.05) is 6.07 Å². The average molecular weight is 353 g/mol. The molecule has 0 unspecified atom stereocenters. The van der Waals surface area contributed by atoms with Gasteiger partial charge in [0.1, 0.15) is 6.20 Å². The molecule has 1 N–H and O–H groups in total. The molecule has 0 aliphatic heterocycles. The third-order valence-electron chi connectivity index (χ3n) is 3.07. The van der Waals surface area contributed by atoms with Crippen LogP contribution in [0.2, 0.25) is 0 Å². The maximum absolute atomic E-state index is 12.1. The Hall–Kier alpha value is -3.46. The molecule has 9 heteroatoms. The Morgan fingerprint density at radius 2 is 1.80 bits per heavy atom. The van der Waals surface area contributed by atoms with Crippen molar-refractivity contribution in [2.75, 3.05) is 5.32 Å². The summed E-state index contributed by atoms with van der Waals surface area (Å²) in [6.45, 7) is 0. The van der Waals surface area contributed by atoms with Crippen LogP contribution in [0.4, 0.5) is 21.5 Å². The number of azo groups is 1. The molecule has 0 bridgehead atoms. The molecule has 3 rings (SSSR count). The molecule has 1 heterocycles. The second-order valence-electron chi connectivity index (χ2n) is 4.81. The summed E-state index contributed by atoms with van der Waals surface area (Å²) in [7, 11) is 0. The molecule has 0 fully saturated rings. The number of hydrogen-bond donors (Lipinski definition) is 1. The molecule has 8 nitrogen and oxygen atoms in total. The molecule has 1 aromatic heterocycles. The molecule has 0 atom stereocenters. The van der Waals surface area contributed by atoms with Crippen molar-refractivity contribution in [1.29, 1.82) is 0 Å². The SMILES string of the molecule is O=C(Nc1ccc(N=Nc2ncc([N+](=O)[O-])s2)cc1)c1ccccc1. The molecule has 25 heavy (non-hydrogen) atoms. The number of hydrogen-bond acceptors (Lipinski definition) is 7. The van der Waals surface area contributed by atoms with Crippen LogP contribution in [0.25, 0.3) is 0 Å². The van der Waals surface area contributed by atoms with Crippen LogP contribution in [-0.2, 0) is 0 Å². The number of aromatic nitrogens is 1. The van der Waals surface area contributed by atoms with Crippen LogP contribution in [0.5, 0.6) is 0 Å². The van der Waals surface area contributed by atoms with Gasteiger partial charge in [-0.15, -0.1) is 10.2 Å². The van der Waals surface area contributed by atoms with Gasteiger partial charge in [-0.2, -0.15) is 0 Å². The Balaban J connectivity index is 1.64. The summed E-state index contributed by atoms with van der Waals surface area (Å²) >= 11 is 0.842. The molecule has 0 spiro atoms. The Morgan fingerprint density at radius 3 is 2.44 bits per heavy atom. The van der Waals surface area contributed by atoms with Crippen molar-refractivity contribution in [3.63, 3.8) is 0 Å². The Morgan fingerprint density at radius 1 is 1.08 bits per heavy atom. The molecule has 0 aliphatic carbocycles. The van der Waals surface area contributed by atoms with Gasteiger partial charge in [0, 0.05) is 11.3 Å². The first-order valence-electron chi connectivity index (χ1n) is 7.10. The number of amides is 1. The molecule has 0 saturated carbocycles. The van der Waals surface area contributed by atoms with E-state index in [1.54, 1.807) is 48.5 Å².